The molecular formula is C20H11F4NS. The molecule has 0 atom stereocenters. The summed E-state index contributed by atoms with van der Waals surface area (Å²) in [6.07, 6.45) is 1.45. The Bertz CT molecular complexity index is 970. The molecule has 0 aromatic heterocycles. The van der Waals surface area contributed by atoms with E-state index in [4.69, 9.17) is 0 Å². The van der Waals surface area contributed by atoms with E-state index in [0.29, 0.717) is 6.42 Å². The third kappa shape index (κ3) is 4.80. The Morgan fingerprint density at radius 3 is 1.92 bits per heavy atom. The van der Waals surface area contributed by atoms with Gasteiger partial charge in [-0.25, -0.2) is 17.6 Å². The summed E-state index contributed by atoms with van der Waals surface area (Å²) in [5, 5.41) is 1.86. The molecule has 26 heavy (non-hydrogen) atoms. The molecule has 0 radical (unpaired) electrons. The van der Waals surface area contributed by atoms with Crippen LogP contribution in [0.2, 0.25) is 0 Å². The normalized spacial score (nSPS) is 9.42. The Morgan fingerprint density at radius 1 is 0.846 bits per heavy atom. The number of isothiocyanates is 1. The van der Waals surface area contributed by atoms with E-state index >= 15 is 0 Å². The molecule has 2 aromatic rings. The van der Waals surface area contributed by atoms with Crippen molar-refractivity contribution in [2.75, 3.05) is 0 Å². The van der Waals surface area contributed by atoms with Crippen LogP contribution in [0.1, 0.15) is 36.5 Å². The number of thiocarbonyl (C=S) groups is 1. The highest BCUT2D eigenvalue weighted by atomic mass is 32.1. The molecule has 0 N–H and O–H groups in total. The average molecular weight is 373 g/mol. The van der Waals surface area contributed by atoms with Crippen molar-refractivity contribution in [1.82, 2.24) is 0 Å². The predicted octanol–water partition coefficient (Wildman–Crippen LogP) is 5.53. The van der Waals surface area contributed by atoms with Crippen molar-refractivity contribution < 1.29 is 17.6 Å². The Kier molecular flexibility index (Phi) is 6.69. The minimum atomic E-state index is -1.01. The van der Waals surface area contributed by atoms with Gasteiger partial charge in [0, 0.05) is 17.5 Å². The Balaban J connectivity index is 2.39. The second-order valence-electron chi connectivity index (χ2n) is 5.11. The standard InChI is InChI=1S/C20H11F4NS/c1-2-3-4-5-13-8-16(21)15(17(22)9-13)7-6-14-10-18(23)20(25-12-26)19(24)11-14/h8-11H,2-3H2,1H3. The molecule has 0 fully saturated rings. The number of halogens is 4. The molecule has 0 bridgehead atoms. The maximum Gasteiger partial charge on any atom is 0.153 e. The van der Waals surface area contributed by atoms with E-state index in [0.717, 1.165) is 30.7 Å². The van der Waals surface area contributed by atoms with Gasteiger partial charge in [-0.3, -0.25) is 0 Å². The van der Waals surface area contributed by atoms with Crippen molar-refractivity contribution in [1.29, 1.82) is 0 Å². The van der Waals surface area contributed by atoms with E-state index in [9.17, 15) is 17.6 Å². The van der Waals surface area contributed by atoms with Crippen molar-refractivity contribution >= 4 is 23.1 Å². The summed E-state index contributed by atoms with van der Waals surface area (Å²) in [6.45, 7) is 1.94. The lowest BCUT2D eigenvalue weighted by Gasteiger charge is -2.00. The summed E-state index contributed by atoms with van der Waals surface area (Å²) in [6, 6.07) is 3.91. The van der Waals surface area contributed by atoms with Gasteiger partial charge in [0.05, 0.1) is 10.7 Å². The molecular weight excluding hydrogens is 362 g/mol. The lowest BCUT2D eigenvalue weighted by Crippen LogP contribution is -1.93. The summed E-state index contributed by atoms with van der Waals surface area (Å²) in [5.74, 6) is 6.21. The van der Waals surface area contributed by atoms with E-state index < -0.39 is 34.5 Å². The largest absolute Gasteiger partial charge is 0.205 e. The second-order valence-corrected chi connectivity index (χ2v) is 5.29. The first-order chi connectivity index (χ1) is 12.5. The molecule has 2 rings (SSSR count). The van der Waals surface area contributed by atoms with Gasteiger partial charge in [0.2, 0.25) is 0 Å². The van der Waals surface area contributed by atoms with E-state index in [1.165, 1.54) is 0 Å². The van der Waals surface area contributed by atoms with Crippen LogP contribution >= 0.6 is 12.2 Å². The molecule has 0 saturated heterocycles. The summed E-state index contributed by atoms with van der Waals surface area (Å²) >= 11 is 4.30. The van der Waals surface area contributed by atoms with Crippen molar-refractivity contribution in [3.63, 3.8) is 0 Å². The van der Waals surface area contributed by atoms with Crippen LogP contribution in [0.15, 0.2) is 29.3 Å². The smallest absolute Gasteiger partial charge is 0.153 e. The van der Waals surface area contributed by atoms with E-state index in [1.54, 1.807) is 0 Å². The maximum atomic E-state index is 14.1. The SMILES string of the molecule is CCCC#Cc1cc(F)c(C#Cc2cc(F)c(N=C=S)c(F)c2)c(F)c1. The molecule has 0 aliphatic heterocycles. The van der Waals surface area contributed by atoms with Gasteiger partial charge in [-0.05, 0) is 42.9 Å². The van der Waals surface area contributed by atoms with Crippen LogP contribution in [0.3, 0.4) is 0 Å². The molecule has 2 aromatic carbocycles. The zero-order chi connectivity index (χ0) is 19.1. The van der Waals surface area contributed by atoms with Gasteiger partial charge in [0.25, 0.3) is 0 Å². The van der Waals surface area contributed by atoms with Crippen LogP contribution < -0.4 is 0 Å². The van der Waals surface area contributed by atoms with Crippen LogP contribution in [-0.2, 0) is 0 Å². The van der Waals surface area contributed by atoms with Gasteiger partial charge in [0.1, 0.15) is 17.3 Å². The maximum absolute atomic E-state index is 14.1. The van der Waals surface area contributed by atoms with Gasteiger partial charge in [-0.2, -0.15) is 4.99 Å². The molecule has 0 aliphatic rings. The lowest BCUT2D eigenvalue weighted by atomic mass is 10.1. The number of aliphatic imine (C=N–C) groups is 1. The first kappa shape index (κ1) is 19.4. The van der Waals surface area contributed by atoms with Gasteiger partial charge >= 0.3 is 0 Å². The highest BCUT2D eigenvalue weighted by Gasteiger charge is 2.11. The summed E-state index contributed by atoms with van der Waals surface area (Å²) < 4.78 is 55.6. The number of unbranched alkanes of at least 4 members (excludes halogenated alkanes) is 1. The van der Waals surface area contributed by atoms with Crippen LogP contribution in [0, 0.1) is 47.0 Å². The first-order valence-electron chi connectivity index (χ1n) is 7.53. The van der Waals surface area contributed by atoms with Crippen LogP contribution in [0.25, 0.3) is 0 Å². The number of hydrogen-bond acceptors (Lipinski definition) is 2. The molecule has 130 valence electrons. The molecule has 0 amide bonds. The number of benzene rings is 2. The fourth-order valence-electron chi connectivity index (χ4n) is 1.98. The predicted molar refractivity (Wildman–Crippen MR) is 95.2 cm³/mol. The van der Waals surface area contributed by atoms with Crippen LogP contribution in [-0.4, -0.2) is 5.16 Å². The van der Waals surface area contributed by atoms with E-state index in [-0.39, 0.29) is 11.1 Å². The van der Waals surface area contributed by atoms with Gasteiger partial charge in [-0.15, -0.1) is 0 Å². The van der Waals surface area contributed by atoms with Crippen molar-refractivity contribution in [3.8, 4) is 23.7 Å². The van der Waals surface area contributed by atoms with Crippen molar-refractivity contribution in [2.24, 2.45) is 4.99 Å². The highest BCUT2D eigenvalue weighted by Crippen LogP contribution is 2.23. The van der Waals surface area contributed by atoms with Crippen LogP contribution in [0.4, 0.5) is 23.2 Å². The summed E-state index contributed by atoms with van der Waals surface area (Å²) in [5.41, 5.74) is -1.02. The fourth-order valence-corrected chi connectivity index (χ4v) is 2.07. The monoisotopic (exact) mass is 373 g/mol. The topological polar surface area (TPSA) is 12.4 Å². The highest BCUT2D eigenvalue weighted by molar-refractivity contribution is 7.78. The minimum Gasteiger partial charge on any atom is -0.205 e. The van der Waals surface area contributed by atoms with E-state index in [1.807, 2.05) is 12.1 Å². The van der Waals surface area contributed by atoms with Crippen LogP contribution in [0.5, 0.6) is 0 Å². The molecule has 0 aliphatic carbocycles. The number of nitrogens with zero attached hydrogens (tertiary/aromatic N) is 1. The quantitative estimate of drug-likeness (QED) is 0.292. The third-order valence-corrected chi connectivity index (χ3v) is 3.25. The molecule has 0 unspecified atom stereocenters. The summed E-state index contributed by atoms with van der Waals surface area (Å²) in [7, 11) is 0. The fraction of sp³-hybridized carbons (Fsp3) is 0.150. The van der Waals surface area contributed by atoms with E-state index in [2.05, 4.69) is 40.9 Å². The molecule has 0 saturated carbocycles. The zero-order valence-electron chi connectivity index (χ0n) is 13.6. The first-order valence-corrected chi connectivity index (χ1v) is 7.94. The van der Waals surface area contributed by atoms with Gasteiger partial charge in [-0.1, -0.05) is 30.6 Å². The summed E-state index contributed by atoms with van der Waals surface area (Å²) in [4.78, 5) is 3.27. The Hall–Kier alpha value is -2.92. The molecule has 6 heteroatoms. The minimum absolute atomic E-state index is 0.103. The molecule has 0 heterocycles. The third-order valence-electron chi connectivity index (χ3n) is 3.16. The van der Waals surface area contributed by atoms with Crippen molar-refractivity contribution in [3.05, 3.63) is 64.2 Å². The second kappa shape index (κ2) is 8.97. The lowest BCUT2D eigenvalue weighted by molar-refractivity contribution is 0.577. The van der Waals surface area contributed by atoms with Crippen molar-refractivity contribution in [2.45, 2.75) is 19.8 Å². The average Bonchev–Trinajstić information content (AvgIpc) is 2.57. The zero-order valence-corrected chi connectivity index (χ0v) is 14.4. The Morgan fingerprint density at radius 2 is 1.38 bits per heavy atom. The van der Waals surface area contributed by atoms with Gasteiger partial charge < -0.3 is 0 Å². The number of hydrogen-bond donors (Lipinski definition) is 0. The molecule has 1 nitrogen and oxygen atoms in total. The molecule has 0 spiro atoms. The Labute approximate surface area is 153 Å². The number of rotatable bonds is 2. The van der Waals surface area contributed by atoms with Gasteiger partial charge in [0.15, 0.2) is 11.6 Å².